The Labute approximate surface area is 128 Å². The van der Waals surface area contributed by atoms with Crippen molar-refractivity contribution in [2.45, 2.75) is 12.3 Å². The second-order valence-electron chi connectivity index (χ2n) is 4.92. The van der Waals surface area contributed by atoms with Crippen LogP contribution < -0.4 is 15.2 Å². The van der Waals surface area contributed by atoms with Crippen LogP contribution in [0.2, 0.25) is 0 Å². The number of ether oxygens (including phenoxy) is 2. The maximum atomic E-state index is 13.1. The molecule has 0 radical (unpaired) electrons. The van der Waals surface area contributed by atoms with E-state index in [9.17, 15) is 8.78 Å². The average molecular weight is 307 g/mol. The monoisotopic (exact) mass is 307 g/mol. The van der Waals surface area contributed by atoms with Gasteiger partial charge in [-0.2, -0.15) is 0 Å². The first kappa shape index (κ1) is 16.2. The van der Waals surface area contributed by atoms with E-state index in [1.165, 1.54) is 6.07 Å². The van der Waals surface area contributed by atoms with E-state index in [-0.39, 0.29) is 5.92 Å². The summed E-state index contributed by atoms with van der Waals surface area (Å²) >= 11 is 0. The van der Waals surface area contributed by atoms with Gasteiger partial charge in [0.2, 0.25) is 0 Å². The summed E-state index contributed by atoms with van der Waals surface area (Å²) in [5.41, 5.74) is 6.90. The number of halogens is 2. The number of nitrogens with two attached hydrogens (primary N) is 1. The third-order valence-corrected chi connectivity index (χ3v) is 3.50. The fourth-order valence-corrected chi connectivity index (χ4v) is 2.18. The van der Waals surface area contributed by atoms with E-state index >= 15 is 0 Å². The SMILES string of the molecule is COc1ccc(C(CN)CCOc2ccc(F)c(F)c2)cc1. The molecule has 0 aliphatic rings. The van der Waals surface area contributed by atoms with Crippen molar-refractivity contribution in [2.75, 3.05) is 20.3 Å². The Balaban J connectivity index is 1.91. The second kappa shape index (κ2) is 7.75. The molecular weight excluding hydrogens is 288 g/mol. The molecule has 0 saturated heterocycles. The van der Waals surface area contributed by atoms with E-state index in [1.807, 2.05) is 24.3 Å². The van der Waals surface area contributed by atoms with E-state index in [0.717, 1.165) is 23.4 Å². The highest BCUT2D eigenvalue weighted by molar-refractivity contribution is 5.29. The summed E-state index contributed by atoms with van der Waals surface area (Å²) in [5.74, 6) is -0.563. The predicted molar refractivity (Wildman–Crippen MR) is 81.3 cm³/mol. The largest absolute Gasteiger partial charge is 0.497 e. The summed E-state index contributed by atoms with van der Waals surface area (Å²) in [6, 6.07) is 11.2. The predicted octanol–water partition coefficient (Wildman–Crippen LogP) is 3.48. The molecule has 5 heteroatoms. The molecule has 0 aliphatic heterocycles. The van der Waals surface area contributed by atoms with Gasteiger partial charge in [0.25, 0.3) is 0 Å². The minimum atomic E-state index is -0.914. The third kappa shape index (κ3) is 4.18. The Morgan fingerprint density at radius 2 is 1.68 bits per heavy atom. The van der Waals surface area contributed by atoms with Crippen molar-refractivity contribution in [3.8, 4) is 11.5 Å². The van der Waals surface area contributed by atoms with Gasteiger partial charge < -0.3 is 15.2 Å². The van der Waals surface area contributed by atoms with Crippen LogP contribution in [0.4, 0.5) is 8.78 Å². The maximum Gasteiger partial charge on any atom is 0.162 e. The molecule has 0 fully saturated rings. The van der Waals surface area contributed by atoms with Crippen LogP contribution in [0.5, 0.6) is 11.5 Å². The minimum absolute atomic E-state index is 0.135. The lowest BCUT2D eigenvalue weighted by Gasteiger charge is -2.16. The highest BCUT2D eigenvalue weighted by Gasteiger charge is 2.11. The molecule has 0 aliphatic carbocycles. The van der Waals surface area contributed by atoms with Crippen LogP contribution in [0, 0.1) is 11.6 Å². The van der Waals surface area contributed by atoms with Crippen LogP contribution in [0.15, 0.2) is 42.5 Å². The van der Waals surface area contributed by atoms with E-state index < -0.39 is 11.6 Å². The van der Waals surface area contributed by atoms with Crippen molar-refractivity contribution in [1.82, 2.24) is 0 Å². The van der Waals surface area contributed by atoms with Gasteiger partial charge in [-0.1, -0.05) is 12.1 Å². The van der Waals surface area contributed by atoms with Gasteiger partial charge in [0, 0.05) is 6.07 Å². The highest BCUT2D eigenvalue weighted by Crippen LogP contribution is 2.22. The summed E-state index contributed by atoms with van der Waals surface area (Å²) < 4.78 is 36.5. The fraction of sp³-hybridized carbons (Fsp3) is 0.294. The van der Waals surface area contributed by atoms with E-state index in [2.05, 4.69) is 0 Å². The number of hydrogen-bond donors (Lipinski definition) is 1. The number of benzene rings is 2. The Bertz CT molecular complexity index is 602. The Hall–Kier alpha value is -2.14. The van der Waals surface area contributed by atoms with Crippen molar-refractivity contribution < 1.29 is 18.3 Å². The summed E-state index contributed by atoms with van der Waals surface area (Å²) in [5, 5.41) is 0. The standard InChI is InChI=1S/C17H19F2NO2/c1-21-14-4-2-12(3-5-14)13(11-20)8-9-22-15-6-7-16(18)17(19)10-15/h2-7,10,13H,8-9,11,20H2,1H3. The number of hydrogen-bond acceptors (Lipinski definition) is 3. The van der Waals surface area contributed by atoms with Gasteiger partial charge in [-0.3, -0.25) is 0 Å². The first-order valence-corrected chi connectivity index (χ1v) is 7.06. The van der Waals surface area contributed by atoms with Gasteiger partial charge in [0.05, 0.1) is 13.7 Å². The molecule has 0 aromatic heterocycles. The van der Waals surface area contributed by atoms with Crippen molar-refractivity contribution in [2.24, 2.45) is 5.73 Å². The molecule has 2 aromatic carbocycles. The number of methoxy groups -OCH3 is 1. The van der Waals surface area contributed by atoms with Crippen LogP contribution in [0.25, 0.3) is 0 Å². The zero-order chi connectivity index (χ0) is 15.9. The van der Waals surface area contributed by atoms with E-state index in [1.54, 1.807) is 7.11 Å². The minimum Gasteiger partial charge on any atom is -0.497 e. The van der Waals surface area contributed by atoms with E-state index in [4.69, 9.17) is 15.2 Å². The Kier molecular flexibility index (Phi) is 5.72. The zero-order valence-electron chi connectivity index (χ0n) is 12.4. The summed E-state index contributed by atoms with van der Waals surface area (Å²) in [6.45, 7) is 0.854. The first-order valence-electron chi connectivity index (χ1n) is 7.06. The lowest BCUT2D eigenvalue weighted by molar-refractivity contribution is 0.296. The summed E-state index contributed by atoms with van der Waals surface area (Å²) in [4.78, 5) is 0. The molecule has 0 spiro atoms. The van der Waals surface area contributed by atoms with Crippen molar-refractivity contribution >= 4 is 0 Å². The lowest BCUT2D eigenvalue weighted by Crippen LogP contribution is -2.15. The normalized spacial score (nSPS) is 12.0. The van der Waals surface area contributed by atoms with Crippen LogP contribution in [-0.4, -0.2) is 20.3 Å². The molecule has 1 atom stereocenters. The average Bonchev–Trinajstić information content (AvgIpc) is 2.55. The maximum absolute atomic E-state index is 13.1. The topological polar surface area (TPSA) is 44.5 Å². The molecule has 0 saturated carbocycles. The molecule has 0 amide bonds. The van der Waals surface area contributed by atoms with Crippen LogP contribution in [-0.2, 0) is 0 Å². The van der Waals surface area contributed by atoms with Crippen molar-refractivity contribution in [3.63, 3.8) is 0 Å². The Morgan fingerprint density at radius 1 is 1.00 bits per heavy atom. The summed E-state index contributed by atoms with van der Waals surface area (Å²) in [6.07, 6.45) is 0.682. The van der Waals surface area contributed by atoms with Gasteiger partial charge >= 0.3 is 0 Å². The molecule has 22 heavy (non-hydrogen) atoms. The highest BCUT2D eigenvalue weighted by atomic mass is 19.2. The van der Waals surface area contributed by atoms with Gasteiger partial charge in [0.15, 0.2) is 11.6 Å². The van der Waals surface area contributed by atoms with Crippen LogP contribution in [0.3, 0.4) is 0 Å². The van der Waals surface area contributed by atoms with Gasteiger partial charge in [-0.25, -0.2) is 8.78 Å². The quantitative estimate of drug-likeness (QED) is 0.851. The second-order valence-corrected chi connectivity index (χ2v) is 4.92. The fourth-order valence-electron chi connectivity index (χ4n) is 2.18. The third-order valence-electron chi connectivity index (χ3n) is 3.50. The zero-order valence-corrected chi connectivity index (χ0v) is 12.4. The number of rotatable bonds is 7. The van der Waals surface area contributed by atoms with Gasteiger partial charge in [-0.15, -0.1) is 0 Å². The molecule has 2 rings (SSSR count). The molecule has 2 aromatic rings. The molecule has 1 unspecified atom stereocenters. The Morgan fingerprint density at radius 3 is 2.27 bits per heavy atom. The molecule has 2 N–H and O–H groups in total. The summed E-state index contributed by atoms with van der Waals surface area (Å²) in [7, 11) is 1.62. The van der Waals surface area contributed by atoms with E-state index in [0.29, 0.717) is 25.3 Å². The van der Waals surface area contributed by atoms with Gasteiger partial charge in [0.1, 0.15) is 11.5 Å². The molecule has 0 bridgehead atoms. The van der Waals surface area contributed by atoms with Crippen molar-refractivity contribution in [3.05, 3.63) is 59.7 Å². The van der Waals surface area contributed by atoms with Gasteiger partial charge in [-0.05, 0) is 48.7 Å². The van der Waals surface area contributed by atoms with Crippen molar-refractivity contribution in [1.29, 1.82) is 0 Å². The smallest absolute Gasteiger partial charge is 0.162 e. The molecule has 0 heterocycles. The van der Waals surface area contributed by atoms with Crippen LogP contribution >= 0.6 is 0 Å². The van der Waals surface area contributed by atoms with Crippen LogP contribution in [0.1, 0.15) is 17.9 Å². The molecular formula is C17H19F2NO2. The molecule has 118 valence electrons. The molecule has 3 nitrogen and oxygen atoms in total. The lowest BCUT2D eigenvalue weighted by atomic mass is 9.96. The first-order chi connectivity index (χ1) is 10.6.